The molecule has 0 spiro atoms. The first-order chi connectivity index (χ1) is 8.74. The number of benzene rings is 1. The standard InChI is InChI=1S/C15H17NOS/c1-10-9-11(17)5-6-13(10)16-14-3-2-4-15-12(14)7-8-18-15/h5-9,14,16-17H,2-4H2,1H3. The predicted molar refractivity (Wildman–Crippen MR) is 76.5 cm³/mol. The monoisotopic (exact) mass is 259 g/mol. The van der Waals surface area contributed by atoms with Crippen LogP contribution in [-0.2, 0) is 6.42 Å². The van der Waals surface area contributed by atoms with Crippen LogP contribution in [0.15, 0.2) is 29.6 Å². The lowest BCUT2D eigenvalue weighted by molar-refractivity contribution is 0.475. The van der Waals surface area contributed by atoms with Gasteiger partial charge in [-0.3, -0.25) is 0 Å². The summed E-state index contributed by atoms with van der Waals surface area (Å²) in [6.45, 7) is 2.03. The SMILES string of the molecule is Cc1cc(O)ccc1NC1CCCc2sccc21. The molecule has 1 unspecified atom stereocenters. The van der Waals surface area contributed by atoms with Crippen LogP contribution in [0.1, 0.15) is 34.9 Å². The molecular weight excluding hydrogens is 242 g/mol. The van der Waals surface area contributed by atoms with E-state index in [1.165, 1.54) is 29.7 Å². The third-order valence-electron chi connectivity index (χ3n) is 3.59. The molecule has 1 aromatic carbocycles. The first-order valence-electron chi connectivity index (χ1n) is 6.36. The molecule has 3 rings (SSSR count). The van der Waals surface area contributed by atoms with E-state index in [2.05, 4.69) is 16.8 Å². The van der Waals surface area contributed by atoms with Crippen LogP contribution in [-0.4, -0.2) is 5.11 Å². The molecule has 1 aromatic heterocycles. The van der Waals surface area contributed by atoms with Crippen molar-refractivity contribution in [3.05, 3.63) is 45.6 Å². The number of phenolic OH excluding ortho intramolecular Hbond substituents is 1. The lowest BCUT2D eigenvalue weighted by atomic mass is 9.93. The maximum absolute atomic E-state index is 9.44. The van der Waals surface area contributed by atoms with Gasteiger partial charge < -0.3 is 10.4 Å². The molecule has 2 aromatic rings. The molecule has 2 N–H and O–H groups in total. The number of rotatable bonds is 2. The fourth-order valence-corrected chi connectivity index (χ4v) is 3.62. The van der Waals surface area contributed by atoms with Gasteiger partial charge in [0.05, 0.1) is 6.04 Å². The van der Waals surface area contributed by atoms with Crippen molar-refractivity contribution in [1.82, 2.24) is 0 Å². The van der Waals surface area contributed by atoms with E-state index in [0.717, 1.165) is 11.3 Å². The highest BCUT2D eigenvalue weighted by Gasteiger charge is 2.21. The molecular formula is C15H17NOS. The van der Waals surface area contributed by atoms with Gasteiger partial charge in [-0.2, -0.15) is 0 Å². The summed E-state index contributed by atoms with van der Waals surface area (Å²) in [6.07, 6.45) is 3.66. The number of aryl methyl sites for hydroxylation is 2. The molecule has 0 radical (unpaired) electrons. The van der Waals surface area contributed by atoms with E-state index < -0.39 is 0 Å². The highest BCUT2D eigenvalue weighted by molar-refractivity contribution is 7.10. The first kappa shape index (κ1) is 11.6. The normalized spacial score (nSPS) is 18.4. The molecule has 3 heteroatoms. The molecule has 0 fully saturated rings. The smallest absolute Gasteiger partial charge is 0.115 e. The third kappa shape index (κ3) is 2.10. The van der Waals surface area contributed by atoms with Gasteiger partial charge in [-0.25, -0.2) is 0 Å². The maximum atomic E-state index is 9.44. The van der Waals surface area contributed by atoms with E-state index in [9.17, 15) is 5.11 Å². The average Bonchev–Trinajstić information content (AvgIpc) is 2.82. The largest absolute Gasteiger partial charge is 0.508 e. The third-order valence-corrected chi connectivity index (χ3v) is 4.59. The van der Waals surface area contributed by atoms with E-state index in [1.807, 2.05) is 24.3 Å². The molecule has 1 aliphatic carbocycles. The topological polar surface area (TPSA) is 32.3 Å². The zero-order valence-electron chi connectivity index (χ0n) is 10.4. The Bertz CT molecular complexity index is 561. The number of hydrogen-bond donors (Lipinski definition) is 2. The van der Waals surface area contributed by atoms with Crippen molar-refractivity contribution in [1.29, 1.82) is 0 Å². The summed E-state index contributed by atoms with van der Waals surface area (Å²) in [5.74, 6) is 0.331. The summed E-state index contributed by atoms with van der Waals surface area (Å²) < 4.78 is 0. The highest BCUT2D eigenvalue weighted by Crippen LogP contribution is 2.36. The van der Waals surface area contributed by atoms with Crippen LogP contribution < -0.4 is 5.32 Å². The second kappa shape index (κ2) is 4.65. The van der Waals surface area contributed by atoms with Crippen molar-refractivity contribution in [3.63, 3.8) is 0 Å². The van der Waals surface area contributed by atoms with Gasteiger partial charge in [0, 0.05) is 10.6 Å². The van der Waals surface area contributed by atoms with Crippen LogP contribution in [0, 0.1) is 6.92 Å². The minimum Gasteiger partial charge on any atom is -0.508 e. The molecule has 18 heavy (non-hydrogen) atoms. The fourth-order valence-electron chi connectivity index (χ4n) is 2.63. The van der Waals surface area contributed by atoms with Crippen LogP contribution in [0.25, 0.3) is 0 Å². The average molecular weight is 259 g/mol. The molecule has 1 heterocycles. The summed E-state index contributed by atoms with van der Waals surface area (Å²) >= 11 is 1.87. The molecule has 2 nitrogen and oxygen atoms in total. The summed E-state index contributed by atoms with van der Waals surface area (Å²) in [7, 11) is 0. The van der Waals surface area contributed by atoms with Crippen LogP contribution in [0.2, 0.25) is 0 Å². The second-order valence-electron chi connectivity index (χ2n) is 4.89. The van der Waals surface area contributed by atoms with Crippen LogP contribution in [0.5, 0.6) is 5.75 Å². The molecule has 1 atom stereocenters. The minimum absolute atomic E-state index is 0.331. The quantitative estimate of drug-likeness (QED) is 0.790. The van der Waals surface area contributed by atoms with E-state index in [1.54, 1.807) is 12.1 Å². The van der Waals surface area contributed by atoms with Crippen LogP contribution in [0.3, 0.4) is 0 Å². The van der Waals surface area contributed by atoms with Crippen LogP contribution in [0.4, 0.5) is 5.69 Å². The van der Waals surface area contributed by atoms with Crippen molar-refractivity contribution >= 4 is 17.0 Å². The van der Waals surface area contributed by atoms with Crippen molar-refractivity contribution < 1.29 is 5.11 Å². The Kier molecular flexibility index (Phi) is 3.00. The first-order valence-corrected chi connectivity index (χ1v) is 7.24. The van der Waals surface area contributed by atoms with Gasteiger partial charge in [0.25, 0.3) is 0 Å². The van der Waals surface area contributed by atoms with E-state index in [4.69, 9.17) is 0 Å². The Balaban J connectivity index is 1.86. The zero-order valence-corrected chi connectivity index (χ0v) is 11.3. The Morgan fingerprint density at radius 1 is 1.33 bits per heavy atom. The molecule has 0 bridgehead atoms. The lowest BCUT2D eigenvalue weighted by Crippen LogP contribution is -2.16. The Hall–Kier alpha value is -1.48. The molecule has 0 aliphatic heterocycles. The van der Waals surface area contributed by atoms with Crippen molar-refractivity contribution in [3.8, 4) is 5.75 Å². The number of aromatic hydroxyl groups is 1. The summed E-state index contributed by atoms with van der Waals surface area (Å²) in [5.41, 5.74) is 3.67. The molecule has 0 amide bonds. The Morgan fingerprint density at radius 2 is 2.22 bits per heavy atom. The van der Waals surface area contributed by atoms with E-state index in [-0.39, 0.29) is 0 Å². The lowest BCUT2D eigenvalue weighted by Gasteiger charge is -2.25. The van der Waals surface area contributed by atoms with Crippen molar-refractivity contribution in [2.45, 2.75) is 32.2 Å². The van der Waals surface area contributed by atoms with E-state index in [0.29, 0.717) is 11.8 Å². The van der Waals surface area contributed by atoms with E-state index >= 15 is 0 Å². The number of anilines is 1. The van der Waals surface area contributed by atoms with Crippen molar-refractivity contribution in [2.24, 2.45) is 0 Å². The second-order valence-corrected chi connectivity index (χ2v) is 5.89. The molecule has 1 aliphatic rings. The number of nitrogens with one attached hydrogen (secondary N) is 1. The number of phenols is 1. The maximum Gasteiger partial charge on any atom is 0.115 e. The number of hydrogen-bond acceptors (Lipinski definition) is 3. The Labute approximate surface area is 111 Å². The van der Waals surface area contributed by atoms with Gasteiger partial charge >= 0.3 is 0 Å². The molecule has 0 saturated carbocycles. The van der Waals surface area contributed by atoms with Gasteiger partial charge in [-0.1, -0.05) is 0 Å². The van der Waals surface area contributed by atoms with Gasteiger partial charge in [0.15, 0.2) is 0 Å². The predicted octanol–water partition coefficient (Wildman–Crippen LogP) is 4.25. The highest BCUT2D eigenvalue weighted by atomic mass is 32.1. The van der Waals surface area contributed by atoms with Gasteiger partial charge in [-0.05, 0) is 67.0 Å². The minimum atomic E-state index is 0.331. The molecule has 0 saturated heterocycles. The summed E-state index contributed by atoms with van der Waals surface area (Å²) in [4.78, 5) is 1.52. The fraction of sp³-hybridized carbons (Fsp3) is 0.333. The summed E-state index contributed by atoms with van der Waals surface area (Å²) in [6, 6.07) is 8.17. The summed E-state index contributed by atoms with van der Waals surface area (Å²) in [5, 5.41) is 15.2. The number of thiophene rings is 1. The van der Waals surface area contributed by atoms with Crippen molar-refractivity contribution in [2.75, 3.05) is 5.32 Å². The Morgan fingerprint density at radius 3 is 3.06 bits per heavy atom. The molecule has 94 valence electrons. The van der Waals surface area contributed by atoms with Gasteiger partial charge in [-0.15, -0.1) is 11.3 Å². The van der Waals surface area contributed by atoms with Crippen LogP contribution >= 0.6 is 11.3 Å². The van der Waals surface area contributed by atoms with Gasteiger partial charge in [0.2, 0.25) is 0 Å². The number of fused-ring (bicyclic) bond motifs is 1. The zero-order chi connectivity index (χ0) is 12.5. The van der Waals surface area contributed by atoms with Gasteiger partial charge in [0.1, 0.15) is 5.75 Å².